The number of aryl methyl sites for hydroxylation is 2. The first kappa shape index (κ1) is 14.8. The Morgan fingerprint density at radius 2 is 2.05 bits per heavy atom. The Morgan fingerprint density at radius 3 is 2.86 bits per heavy atom. The molecular formula is C17H16BrN3O. The lowest BCUT2D eigenvalue weighted by molar-refractivity contribution is -0.116. The monoisotopic (exact) mass is 357 g/mol. The maximum atomic E-state index is 11.4. The van der Waals surface area contributed by atoms with Crippen molar-refractivity contribution >= 4 is 34.2 Å². The molecule has 3 aromatic rings. The quantitative estimate of drug-likeness (QED) is 0.720. The van der Waals surface area contributed by atoms with E-state index < -0.39 is 0 Å². The van der Waals surface area contributed by atoms with E-state index in [4.69, 9.17) is 4.98 Å². The molecule has 5 heteroatoms. The Morgan fingerprint density at radius 1 is 1.18 bits per heavy atom. The molecule has 3 heterocycles. The van der Waals surface area contributed by atoms with Crippen molar-refractivity contribution in [2.24, 2.45) is 0 Å². The van der Waals surface area contributed by atoms with E-state index in [0.717, 1.165) is 34.7 Å². The molecule has 0 saturated carbocycles. The lowest BCUT2D eigenvalue weighted by Gasteiger charge is -2.17. The van der Waals surface area contributed by atoms with Crippen molar-refractivity contribution < 1.29 is 4.79 Å². The highest BCUT2D eigenvalue weighted by molar-refractivity contribution is 8.93. The van der Waals surface area contributed by atoms with Crippen LogP contribution in [0.3, 0.4) is 0 Å². The number of nitrogens with one attached hydrogen (secondary N) is 1. The highest BCUT2D eigenvalue weighted by Gasteiger charge is 2.17. The second-order valence-electron chi connectivity index (χ2n) is 5.39. The summed E-state index contributed by atoms with van der Waals surface area (Å²) in [7, 11) is 0. The van der Waals surface area contributed by atoms with Gasteiger partial charge in [0.15, 0.2) is 0 Å². The molecule has 1 amide bonds. The van der Waals surface area contributed by atoms with Gasteiger partial charge in [0.2, 0.25) is 5.91 Å². The van der Waals surface area contributed by atoms with Crippen LogP contribution in [0, 0.1) is 6.92 Å². The first-order valence-corrected chi connectivity index (χ1v) is 7.09. The number of imidazole rings is 1. The van der Waals surface area contributed by atoms with Crippen LogP contribution >= 0.6 is 17.0 Å². The molecule has 1 aliphatic heterocycles. The minimum Gasteiger partial charge on any atom is -0.326 e. The Hall–Kier alpha value is -2.14. The minimum absolute atomic E-state index is 0. The Balaban J connectivity index is 0.00000144. The molecule has 1 aromatic carbocycles. The Bertz CT molecular complexity index is 869. The third-order valence-corrected chi connectivity index (χ3v) is 4.04. The van der Waals surface area contributed by atoms with Gasteiger partial charge in [-0.05, 0) is 43.2 Å². The average molecular weight is 358 g/mol. The van der Waals surface area contributed by atoms with E-state index in [1.807, 2.05) is 36.5 Å². The van der Waals surface area contributed by atoms with E-state index >= 15 is 0 Å². The number of hydrogen-bond donors (Lipinski definition) is 1. The molecule has 0 bridgehead atoms. The molecule has 0 saturated heterocycles. The van der Waals surface area contributed by atoms with Gasteiger partial charge in [-0.1, -0.05) is 12.1 Å². The molecule has 4 nitrogen and oxygen atoms in total. The predicted octanol–water partition coefficient (Wildman–Crippen LogP) is 3.77. The van der Waals surface area contributed by atoms with Gasteiger partial charge in [-0.3, -0.25) is 4.79 Å². The van der Waals surface area contributed by atoms with Gasteiger partial charge >= 0.3 is 0 Å². The van der Waals surface area contributed by atoms with Crippen LogP contribution in [0.1, 0.15) is 17.7 Å². The Kier molecular flexibility index (Phi) is 3.74. The molecule has 0 radical (unpaired) electrons. The summed E-state index contributed by atoms with van der Waals surface area (Å²) in [6, 6.07) is 12.2. The second-order valence-corrected chi connectivity index (χ2v) is 5.39. The van der Waals surface area contributed by atoms with E-state index in [1.165, 1.54) is 5.56 Å². The maximum Gasteiger partial charge on any atom is 0.224 e. The smallest absolute Gasteiger partial charge is 0.224 e. The molecule has 22 heavy (non-hydrogen) atoms. The third-order valence-electron chi connectivity index (χ3n) is 4.04. The highest BCUT2D eigenvalue weighted by Crippen LogP contribution is 2.30. The molecule has 1 aliphatic rings. The number of carbonyl (C=O) groups is 1. The number of nitrogens with zero attached hydrogens (tertiary/aromatic N) is 2. The molecule has 0 fully saturated rings. The second kappa shape index (κ2) is 5.57. The van der Waals surface area contributed by atoms with Gasteiger partial charge in [-0.15, -0.1) is 17.0 Å². The number of halogens is 1. The van der Waals surface area contributed by atoms with E-state index in [-0.39, 0.29) is 22.9 Å². The van der Waals surface area contributed by atoms with Gasteiger partial charge in [0.25, 0.3) is 0 Å². The molecular weight excluding hydrogens is 342 g/mol. The zero-order valence-corrected chi connectivity index (χ0v) is 13.9. The number of anilines is 1. The number of carbonyl (C=O) groups excluding carboxylic acids is 1. The number of aromatic nitrogens is 2. The van der Waals surface area contributed by atoms with Crippen molar-refractivity contribution in [3.63, 3.8) is 0 Å². The topological polar surface area (TPSA) is 46.4 Å². The molecule has 2 aromatic heterocycles. The zero-order chi connectivity index (χ0) is 14.4. The maximum absolute atomic E-state index is 11.4. The normalized spacial score (nSPS) is 13.4. The van der Waals surface area contributed by atoms with Crippen LogP contribution in [0.5, 0.6) is 0 Å². The van der Waals surface area contributed by atoms with Crippen molar-refractivity contribution in [1.82, 2.24) is 9.38 Å². The standard InChI is InChI=1S/C17H15N3O.BrH/c1-11-17(19-15-4-2-3-9-20(11)15)13-5-7-14-12(10-13)6-8-16(21)18-14;/h2-5,7,9-10H,6,8H2,1H3,(H,18,21);1H. The summed E-state index contributed by atoms with van der Waals surface area (Å²) in [6.45, 7) is 2.08. The van der Waals surface area contributed by atoms with E-state index in [0.29, 0.717) is 6.42 Å². The summed E-state index contributed by atoms with van der Waals surface area (Å²) in [4.78, 5) is 16.1. The number of pyridine rings is 1. The molecule has 1 N–H and O–H groups in total. The number of rotatable bonds is 1. The molecule has 4 rings (SSSR count). The fourth-order valence-electron chi connectivity index (χ4n) is 2.92. The fraction of sp³-hybridized carbons (Fsp3) is 0.176. The van der Waals surface area contributed by atoms with Crippen molar-refractivity contribution in [3.8, 4) is 11.3 Å². The number of benzene rings is 1. The summed E-state index contributed by atoms with van der Waals surface area (Å²) in [6.07, 6.45) is 3.38. The van der Waals surface area contributed by atoms with Crippen molar-refractivity contribution in [1.29, 1.82) is 0 Å². The SMILES string of the molecule is Br.Cc1c(-c2ccc3c(c2)CCC(=O)N3)nc2ccccn12. The van der Waals surface area contributed by atoms with Gasteiger partial charge in [0, 0.05) is 29.6 Å². The average Bonchev–Trinajstić information content (AvgIpc) is 2.84. The summed E-state index contributed by atoms with van der Waals surface area (Å²) in [5, 5.41) is 2.92. The third kappa shape index (κ3) is 2.31. The van der Waals surface area contributed by atoms with Gasteiger partial charge in [-0.2, -0.15) is 0 Å². The molecule has 112 valence electrons. The van der Waals surface area contributed by atoms with Crippen molar-refractivity contribution in [3.05, 3.63) is 53.9 Å². The van der Waals surface area contributed by atoms with Gasteiger partial charge in [-0.25, -0.2) is 4.98 Å². The van der Waals surface area contributed by atoms with Crippen LogP contribution in [0.4, 0.5) is 5.69 Å². The first-order valence-electron chi connectivity index (χ1n) is 7.09. The van der Waals surface area contributed by atoms with E-state index in [1.54, 1.807) is 0 Å². The van der Waals surface area contributed by atoms with Crippen LogP contribution in [0.25, 0.3) is 16.9 Å². The lowest BCUT2D eigenvalue weighted by Crippen LogP contribution is -2.18. The molecule has 0 atom stereocenters. The predicted molar refractivity (Wildman–Crippen MR) is 92.6 cm³/mol. The summed E-state index contributed by atoms with van der Waals surface area (Å²) >= 11 is 0. The number of hydrogen-bond acceptors (Lipinski definition) is 2. The van der Waals surface area contributed by atoms with E-state index in [9.17, 15) is 4.79 Å². The summed E-state index contributed by atoms with van der Waals surface area (Å²) < 4.78 is 2.09. The van der Waals surface area contributed by atoms with Crippen LogP contribution in [0.2, 0.25) is 0 Å². The molecule has 0 aliphatic carbocycles. The molecule has 0 unspecified atom stereocenters. The van der Waals surface area contributed by atoms with Crippen LogP contribution in [-0.4, -0.2) is 15.3 Å². The number of fused-ring (bicyclic) bond motifs is 2. The molecule has 0 spiro atoms. The number of amides is 1. The zero-order valence-electron chi connectivity index (χ0n) is 12.2. The van der Waals surface area contributed by atoms with Gasteiger partial charge in [0.05, 0.1) is 5.69 Å². The lowest BCUT2D eigenvalue weighted by atomic mass is 9.99. The van der Waals surface area contributed by atoms with Gasteiger partial charge < -0.3 is 9.72 Å². The minimum atomic E-state index is 0. The fourth-order valence-corrected chi connectivity index (χ4v) is 2.92. The van der Waals surface area contributed by atoms with Crippen LogP contribution < -0.4 is 5.32 Å². The van der Waals surface area contributed by atoms with E-state index in [2.05, 4.69) is 22.7 Å². The first-order chi connectivity index (χ1) is 10.2. The Labute approximate surface area is 139 Å². The van der Waals surface area contributed by atoms with Gasteiger partial charge in [0.1, 0.15) is 5.65 Å². The summed E-state index contributed by atoms with van der Waals surface area (Å²) in [5.74, 6) is 0.0964. The van der Waals surface area contributed by atoms with Crippen LogP contribution in [0.15, 0.2) is 42.6 Å². The van der Waals surface area contributed by atoms with Crippen molar-refractivity contribution in [2.45, 2.75) is 19.8 Å². The van der Waals surface area contributed by atoms with Crippen molar-refractivity contribution in [2.75, 3.05) is 5.32 Å². The largest absolute Gasteiger partial charge is 0.326 e. The summed E-state index contributed by atoms with van der Waals surface area (Å²) in [5.41, 5.74) is 6.30. The van der Waals surface area contributed by atoms with Crippen LogP contribution in [-0.2, 0) is 11.2 Å². The highest BCUT2D eigenvalue weighted by atomic mass is 79.9.